The third kappa shape index (κ3) is 31.5. The lowest BCUT2D eigenvalue weighted by Gasteiger charge is -2.29. The van der Waals surface area contributed by atoms with E-state index in [0.29, 0.717) is 24.4 Å². The first-order valence-electron chi connectivity index (χ1n) is 16.7. The average molecular weight is 567 g/mol. The number of hydrogen-bond acceptors (Lipinski definition) is 2. The van der Waals surface area contributed by atoms with Crippen LogP contribution in [0.25, 0.3) is 0 Å². The van der Waals surface area contributed by atoms with Gasteiger partial charge in [0, 0.05) is 0 Å². The van der Waals surface area contributed by atoms with Crippen LogP contribution in [0.4, 0.5) is 0 Å². The second-order valence-corrected chi connectivity index (χ2v) is 15.8. The third-order valence-electron chi connectivity index (χ3n) is 6.64. The van der Waals surface area contributed by atoms with Gasteiger partial charge in [-0.1, -0.05) is 111 Å². The van der Waals surface area contributed by atoms with Crippen molar-refractivity contribution in [3.63, 3.8) is 0 Å². The zero-order valence-electron chi connectivity index (χ0n) is 29.4. The standard InChI is InChI=1S/2C18H38O.Mg.2H/c2*1-13(2)9-17(10-14(3)4)19-18(11-15(5)6)12-16(7)8;;;/h2*13-18H,9-12H2,1-8H3;;;. The van der Waals surface area contributed by atoms with Crippen molar-refractivity contribution < 1.29 is 9.47 Å². The molecule has 0 N–H and O–H groups in total. The van der Waals surface area contributed by atoms with Gasteiger partial charge in [-0.15, -0.1) is 0 Å². The van der Waals surface area contributed by atoms with E-state index in [9.17, 15) is 0 Å². The van der Waals surface area contributed by atoms with Gasteiger partial charge in [0.1, 0.15) is 0 Å². The molecule has 0 amide bonds. The van der Waals surface area contributed by atoms with Gasteiger partial charge in [-0.3, -0.25) is 0 Å². The number of ether oxygens (including phenoxy) is 2. The molecule has 0 heterocycles. The van der Waals surface area contributed by atoms with Crippen molar-refractivity contribution in [3.8, 4) is 0 Å². The van der Waals surface area contributed by atoms with Gasteiger partial charge in [0.15, 0.2) is 0 Å². The summed E-state index contributed by atoms with van der Waals surface area (Å²) < 4.78 is 13.0. The van der Waals surface area contributed by atoms with Crippen LogP contribution in [0.15, 0.2) is 0 Å². The number of rotatable bonds is 20. The first-order valence-corrected chi connectivity index (χ1v) is 16.7. The first-order chi connectivity index (χ1) is 17.4. The molecule has 0 saturated heterocycles. The maximum atomic E-state index is 6.49. The van der Waals surface area contributed by atoms with Gasteiger partial charge in [0.25, 0.3) is 0 Å². The molecular weight excluding hydrogens is 489 g/mol. The summed E-state index contributed by atoms with van der Waals surface area (Å²) in [4.78, 5) is 0. The Morgan fingerprint density at radius 2 is 0.359 bits per heavy atom. The lowest BCUT2D eigenvalue weighted by molar-refractivity contribution is -0.0488. The topological polar surface area (TPSA) is 18.5 Å². The second kappa shape index (κ2) is 25.2. The monoisotopic (exact) mass is 567 g/mol. The highest BCUT2D eigenvalue weighted by atomic mass is 24.3. The smallest absolute Gasteiger partial charge is 0.316 e. The van der Waals surface area contributed by atoms with E-state index in [2.05, 4.69) is 111 Å². The van der Waals surface area contributed by atoms with Crippen LogP contribution in [0.3, 0.4) is 0 Å². The van der Waals surface area contributed by atoms with E-state index >= 15 is 0 Å². The first kappa shape index (κ1) is 44.1. The van der Waals surface area contributed by atoms with Crippen LogP contribution < -0.4 is 0 Å². The minimum absolute atomic E-state index is 0. The molecule has 0 aliphatic carbocycles. The van der Waals surface area contributed by atoms with Crippen molar-refractivity contribution in [2.45, 2.75) is 187 Å². The van der Waals surface area contributed by atoms with E-state index in [0.717, 1.165) is 47.3 Å². The van der Waals surface area contributed by atoms with Gasteiger partial charge >= 0.3 is 23.1 Å². The molecule has 0 rings (SSSR count). The molecule has 0 bridgehead atoms. The Morgan fingerprint density at radius 3 is 0.436 bits per heavy atom. The van der Waals surface area contributed by atoms with Crippen LogP contribution in [0.5, 0.6) is 0 Å². The summed E-state index contributed by atoms with van der Waals surface area (Å²) in [6, 6.07) is 0. The van der Waals surface area contributed by atoms with Gasteiger partial charge in [0.2, 0.25) is 0 Å². The highest BCUT2D eigenvalue weighted by Gasteiger charge is 2.22. The molecule has 0 aliphatic rings. The van der Waals surface area contributed by atoms with Crippen LogP contribution in [-0.4, -0.2) is 47.5 Å². The molecule has 0 aliphatic heterocycles. The summed E-state index contributed by atoms with van der Waals surface area (Å²) in [5.74, 6) is 5.80. The fourth-order valence-corrected chi connectivity index (χ4v) is 5.58. The normalized spacial score (nSPS) is 12.6. The summed E-state index contributed by atoms with van der Waals surface area (Å²) >= 11 is 0. The van der Waals surface area contributed by atoms with Gasteiger partial charge in [0.05, 0.1) is 24.4 Å². The Morgan fingerprint density at radius 1 is 0.256 bits per heavy atom. The lowest BCUT2D eigenvalue weighted by Crippen LogP contribution is -2.27. The average Bonchev–Trinajstić information content (AvgIpc) is 2.63. The number of hydrogen-bond donors (Lipinski definition) is 0. The highest BCUT2D eigenvalue weighted by Crippen LogP contribution is 2.25. The SMILES string of the molecule is CC(C)CC(CC(C)C)OC(CC(C)C)CC(C)C.CC(C)CC(CC(C)C)OC(CC(C)C)CC(C)C.[MgH2]. The predicted octanol–water partition coefficient (Wildman–Crippen LogP) is 10.9. The largest absolute Gasteiger partial charge is 0.375 e. The van der Waals surface area contributed by atoms with Crippen LogP contribution in [-0.2, 0) is 9.47 Å². The Labute approximate surface area is 265 Å². The Bertz CT molecular complexity index is 380. The molecule has 0 radical (unpaired) electrons. The van der Waals surface area contributed by atoms with Crippen LogP contribution in [0.2, 0.25) is 0 Å². The van der Waals surface area contributed by atoms with Crippen molar-refractivity contribution in [3.05, 3.63) is 0 Å². The molecule has 0 aromatic carbocycles. The van der Waals surface area contributed by atoms with Crippen molar-refractivity contribution >= 4 is 23.1 Å². The maximum Gasteiger partial charge on any atom is 0.316 e. The zero-order valence-corrected chi connectivity index (χ0v) is 29.4. The molecular formula is C36H78MgO2. The van der Waals surface area contributed by atoms with E-state index in [-0.39, 0.29) is 23.1 Å². The fourth-order valence-electron chi connectivity index (χ4n) is 5.58. The van der Waals surface area contributed by atoms with Crippen LogP contribution in [0.1, 0.15) is 162 Å². The molecule has 2 nitrogen and oxygen atoms in total. The lowest BCUT2D eigenvalue weighted by atomic mass is 9.95. The molecule has 236 valence electrons. The summed E-state index contributed by atoms with van der Waals surface area (Å²) in [5.41, 5.74) is 0. The predicted molar refractivity (Wildman–Crippen MR) is 182 cm³/mol. The summed E-state index contributed by atoms with van der Waals surface area (Å²) in [6.45, 7) is 36.8. The van der Waals surface area contributed by atoms with Gasteiger partial charge in [-0.2, -0.15) is 0 Å². The van der Waals surface area contributed by atoms with E-state index in [1.807, 2.05) is 0 Å². The molecule has 0 spiro atoms. The highest BCUT2D eigenvalue weighted by molar-refractivity contribution is 5.75. The summed E-state index contributed by atoms with van der Waals surface area (Å²) in [5, 5.41) is 0. The molecule has 39 heavy (non-hydrogen) atoms. The summed E-state index contributed by atoms with van der Waals surface area (Å²) in [6.07, 6.45) is 11.4. The second-order valence-electron chi connectivity index (χ2n) is 15.8. The maximum absolute atomic E-state index is 6.49. The molecule has 0 saturated carbocycles. The Balaban J connectivity index is -0.000000648. The molecule has 0 unspecified atom stereocenters. The quantitative estimate of drug-likeness (QED) is 0.136. The van der Waals surface area contributed by atoms with Gasteiger partial charge in [-0.05, 0) is 98.7 Å². The Kier molecular flexibility index (Phi) is 28.5. The van der Waals surface area contributed by atoms with Crippen molar-refractivity contribution in [1.82, 2.24) is 0 Å². The van der Waals surface area contributed by atoms with Gasteiger partial charge in [-0.25, -0.2) is 0 Å². The van der Waals surface area contributed by atoms with E-state index < -0.39 is 0 Å². The molecule has 0 aromatic rings. The minimum atomic E-state index is 0. The molecule has 0 fully saturated rings. The zero-order chi connectivity index (χ0) is 30.0. The molecule has 3 heteroatoms. The van der Waals surface area contributed by atoms with Crippen molar-refractivity contribution in [1.29, 1.82) is 0 Å². The summed E-state index contributed by atoms with van der Waals surface area (Å²) in [7, 11) is 0. The molecule has 0 atom stereocenters. The fraction of sp³-hybridized carbons (Fsp3) is 1.00. The van der Waals surface area contributed by atoms with E-state index in [4.69, 9.17) is 9.47 Å². The van der Waals surface area contributed by atoms with Gasteiger partial charge < -0.3 is 9.47 Å². The third-order valence-corrected chi connectivity index (χ3v) is 6.64. The van der Waals surface area contributed by atoms with Crippen LogP contribution in [0, 0.1) is 47.3 Å². The van der Waals surface area contributed by atoms with Crippen molar-refractivity contribution in [2.24, 2.45) is 47.3 Å². The van der Waals surface area contributed by atoms with E-state index in [1.165, 1.54) is 51.4 Å². The Hall–Kier alpha value is 0.686. The minimum Gasteiger partial charge on any atom is -0.375 e. The molecule has 0 aromatic heterocycles. The van der Waals surface area contributed by atoms with E-state index in [1.54, 1.807) is 0 Å². The van der Waals surface area contributed by atoms with Crippen LogP contribution >= 0.6 is 0 Å². The van der Waals surface area contributed by atoms with Crippen molar-refractivity contribution in [2.75, 3.05) is 0 Å².